The fraction of sp³-hybridized carbons (Fsp3) is 0.500. The molecule has 0 aromatic carbocycles. The van der Waals surface area contributed by atoms with Gasteiger partial charge in [0.25, 0.3) is 0 Å². The smallest absolute Gasteiger partial charge is 0 e. The molecular formula is C2H3OW4-. The maximum atomic E-state index is 8.68. The Bertz CT molecular complexity index is 17.2. The van der Waals surface area contributed by atoms with E-state index < -0.39 is 0 Å². The second-order valence-electron chi connectivity index (χ2n) is 0.204. The molecule has 0 aliphatic rings. The molecule has 0 aromatic rings. The standard InChI is InChI=1S/C2H3O.4W/c1-2-3;;;;/h1H3;;;;/q-1;;;;. The van der Waals surface area contributed by atoms with Crippen molar-refractivity contribution in [2.24, 2.45) is 0 Å². The summed E-state index contributed by atoms with van der Waals surface area (Å²) in [5.41, 5.74) is 0. The van der Waals surface area contributed by atoms with Crippen LogP contribution in [0.5, 0.6) is 0 Å². The fourth-order valence-corrected chi connectivity index (χ4v) is 0. The van der Waals surface area contributed by atoms with Gasteiger partial charge in [-0.3, -0.25) is 6.29 Å². The zero-order valence-corrected chi connectivity index (χ0v) is 15.3. The molecular weight excluding hydrogens is 775 g/mol. The Balaban J connectivity index is -0.00000000333. The monoisotopic (exact) mass is 779 g/mol. The molecule has 0 aromatic heterocycles. The van der Waals surface area contributed by atoms with Gasteiger partial charge in [0, 0.05) is 84.3 Å². The maximum Gasteiger partial charge on any atom is 0 e. The van der Waals surface area contributed by atoms with E-state index in [1.807, 2.05) is 0 Å². The Morgan fingerprint density at radius 3 is 1.00 bits per heavy atom. The third-order valence-corrected chi connectivity index (χ3v) is 0. The minimum absolute atomic E-state index is 0. The molecule has 0 N–H and O–H groups in total. The fourth-order valence-electron chi connectivity index (χ4n) is 0. The average Bonchev–Trinajstić information content (AvgIpc) is 0.918. The summed E-state index contributed by atoms with van der Waals surface area (Å²) in [7, 11) is 0. The molecule has 0 aliphatic carbocycles. The van der Waals surface area contributed by atoms with Gasteiger partial charge in [0.05, 0.1) is 0 Å². The molecule has 0 fully saturated rings. The van der Waals surface area contributed by atoms with Crippen LogP contribution in [0.4, 0.5) is 0 Å². The van der Waals surface area contributed by atoms with Crippen molar-refractivity contribution in [2.75, 3.05) is 0 Å². The molecule has 0 heterocycles. The van der Waals surface area contributed by atoms with E-state index in [4.69, 9.17) is 4.79 Å². The van der Waals surface area contributed by atoms with Crippen LogP contribution in [0.2, 0.25) is 0 Å². The third kappa shape index (κ3) is 59.2. The van der Waals surface area contributed by atoms with Crippen molar-refractivity contribution in [3.8, 4) is 0 Å². The minimum atomic E-state index is 0. The van der Waals surface area contributed by atoms with Gasteiger partial charge in [-0.05, 0) is 0 Å². The van der Waals surface area contributed by atoms with Crippen LogP contribution in [0, 0.1) is 0 Å². The number of rotatable bonds is 0. The summed E-state index contributed by atoms with van der Waals surface area (Å²) in [6.45, 7) is 1.32. The van der Waals surface area contributed by atoms with E-state index in [-0.39, 0.29) is 84.3 Å². The first-order chi connectivity index (χ1) is 1.41. The molecule has 5 heteroatoms. The number of hydrogen-bond donors (Lipinski definition) is 0. The van der Waals surface area contributed by atoms with E-state index in [0.717, 1.165) is 0 Å². The van der Waals surface area contributed by atoms with Crippen molar-refractivity contribution in [3.05, 3.63) is 0 Å². The van der Waals surface area contributed by atoms with Crippen LogP contribution in [-0.4, -0.2) is 6.29 Å². The topological polar surface area (TPSA) is 17.1 Å². The Kier molecular flexibility index (Phi) is 193. The summed E-state index contributed by atoms with van der Waals surface area (Å²) in [6.07, 6.45) is 1.50. The van der Waals surface area contributed by atoms with Crippen LogP contribution in [0.1, 0.15) is 6.92 Å². The van der Waals surface area contributed by atoms with Gasteiger partial charge in [0.15, 0.2) is 0 Å². The summed E-state index contributed by atoms with van der Waals surface area (Å²) in [5, 5.41) is 0. The molecule has 0 unspecified atom stereocenters. The molecule has 7 heavy (non-hydrogen) atoms. The normalized spacial score (nSPS) is 1.86. The van der Waals surface area contributed by atoms with Crippen LogP contribution >= 0.6 is 0 Å². The van der Waals surface area contributed by atoms with Gasteiger partial charge >= 0.3 is 0 Å². The predicted molar refractivity (Wildman–Crippen MR) is 11.4 cm³/mol. The van der Waals surface area contributed by atoms with Crippen LogP contribution in [-0.2, 0) is 89.1 Å². The molecule has 1 nitrogen and oxygen atoms in total. The predicted octanol–water partition coefficient (Wildman–Crippen LogP) is 0.106. The molecule has 0 rings (SSSR count). The maximum absolute atomic E-state index is 8.68. The van der Waals surface area contributed by atoms with Crippen molar-refractivity contribution in [3.63, 3.8) is 0 Å². The van der Waals surface area contributed by atoms with E-state index in [0.29, 0.717) is 0 Å². The summed E-state index contributed by atoms with van der Waals surface area (Å²) in [4.78, 5) is 8.68. The zero-order valence-electron chi connectivity index (χ0n) is 3.54. The Labute approximate surface area is 101 Å². The molecule has 0 amide bonds. The Morgan fingerprint density at radius 2 is 1.00 bits per heavy atom. The van der Waals surface area contributed by atoms with Gasteiger partial charge in [-0.1, -0.05) is 0 Å². The first-order valence-electron chi connectivity index (χ1n) is 0.704. The van der Waals surface area contributed by atoms with Gasteiger partial charge in [-0.25, -0.2) is 0 Å². The van der Waals surface area contributed by atoms with E-state index in [1.165, 1.54) is 13.2 Å². The molecule has 0 saturated carbocycles. The summed E-state index contributed by atoms with van der Waals surface area (Å²) >= 11 is 0. The van der Waals surface area contributed by atoms with Gasteiger partial charge in [-0.15, -0.1) is 0 Å². The van der Waals surface area contributed by atoms with Gasteiger partial charge in [0.2, 0.25) is 0 Å². The molecule has 0 saturated heterocycles. The van der Waals surface area contributed by atoms with Crippen LogP contribution in [0.15, 0.2) is 0 Å². The van der Waals surface area contributed by atoms with Crippen molar-refractivity contribution < 1.29 is 89.1 Å². The first-order valence-corrected chi connectivity index (χ1v) is 0.704. The number of carbonyl (C=O) groups excluding carboxylic acids is 1. The molecule has 0 radical (unpaired) electrons. The van der Waals surface area contributed by atoms with E-state index in [1.54, 1.807) is 0 Å². The van der Waals surface area contributed by atoms with Crippen molar-refractivity contribution in [2.45, 2.75) is 6.92 Å². The third-order valence-electron chi connectivity index (χ3n) is 0. The second kappa shape index (κ2) is 39.6. The van der Waals surface area contributed by atoms with Crippen LogP contribution < -0.4 is 0 Å². The SMILES string of the molecule is C[C-]=O.[W].[W].[W].[W]. The second-order valence-corrected chi connectivity index (χ2v) is 0.204. The summed E-state index contributed by atoms with van der Waals surface area (Å²) in [6, 6.07) is 0. The van der Waals surface area contributed by atoms with Crippen LogP contribution in [0.3, 0.4) is 0 Å². The van der Waals surface area contributed by atoms with E-state index in [2.05, 4.69) is 0 Å². The van der Waals surface area contributed by atoms with E-state index >= 15 is 0 Å². The number of hydrogen-bond acceptors (Lipinski definition) is 1. The van der Waals surface area contributed by atoms with Gasteiger partial charge in [-0.2, -0.15) is 6.92 Å². The minimum Gasteiger partial charge on any atom is -0.542 e. The average molecular weight is 778 g/mol. The van der Waals surface area contributed by atoms with Crippen molar-refractivity contribution >= 4 is 6.29 Å². The molecule has 0 atom stereocenters. The summed E-state index contributed by atoms with van der Waals surface area (Å²) in [5.74, 6) is 0. The van der Waals surface area contributed by atoms with Crippen LogP contribution in [0.25, 0.3) is 0 Å². The summed E-state index contributed by atoms with van der Waals surface area (Å²) < 4.78 is 0. The molecule has 0 aliphatic heterocycles. The Hall–Kier alpha value is 2.42. The molecule has 0 bridgehead atoms. The molecule has 42 valence electrons. The van der Waals surface area contributed by atoms with Crippen molar-refractivity contribution in [1.82, 2.24) is 0 Å². The zero-order chi connectivity index (χ0) is 2.71. The largest absolute Gasteiger partial charge is 0.542 e. The Morgan fingerprint density at radius 1 is 1.00 bits per heavy atom. The quantitative estimate of drug-likeness (QED) is 0.320. The van der Waals surface area contributed by atoms with Crippen molar-refractivity contribution in [1.29, 1.82) is 0 Å². The first kappa shape index (κ1) is 34.2. The van der Waals surface area contributed by atoms with E-state index in [9.17, 15) is 0 Å². The van der Waals surface area contributed by atoms with Gasteiger partial charge < -0.3 is 4.79 Å². The van der Waals surface area contributed by atoms with Gasteiger partial charge in [0.1, 0.15) is 0 Å². The molecule has 0 spiro atoms.